The molecule has 1 heterocycles. The lowest BCUT2D eigenvalue weighted by Gasteiger charge is -2.23. The van der Waals surface area contributed by atoms with Gasteiger partial charge in [-0.3, -0.25) is 9.59 Å². The van der Waals surface area contributed by atoms with E-state index in [1.165, 1.54) is 0 Å². The summed E-state index contributed by atoms with van der Waals surface area (Å²) in [6, 6.07) is 9.88. The Kier molecular flexibility index (Phi) is 11.1. The molecule has 0 aliphatic carbocycles. The predicted octanol–water partition coefficient (Wildman–Crippen LogP) is 2.55. The van der Waals surface area contributed by atoms with E-state index < -0.39 is 5.92 Å². The molecular formula is C24H35N5O3S. The maximum atomic E-state index is 12.9. The van der Waals surface area contributed by atoms with Crippen LogP contribution in [0.5, 0.6) is 5.75 Å². The molecule has 1 aliphatic rings. The number of amides is 2. The normalized spacial score (nSPS) is 18.6. The molecule has 2 rings (SSSR count). The third-order valence-electron chi connectivity index (χ3n) is 5.28. The third kappa shape index (κ3) is 8.30. The molecule has 0 bridgehead atoms. The van der Waals surface area contributed by atoms with Gasteiger partial charge in [0.25, 0.3) is 0 Å². The van der Waals surface area contributed by atoms with E-state index in [4.69, 9.17) is 4.74 Å². The Morgan fingerprint density at radius 2 is 2.24 bits per heavy atom. The number of benzene rings is 1. The summed E-state index contributed by atoms with van der Waals surface area (Å²) in [7, 11) is 4.01. The Hall–Kier alpha value is -2.70. The van der Waals surface area contributed by atoms with Crippen LogP contribution in [0, 0.1) is 17.2 Å². The second-order valence-corrected chi connectivity index (χ2v) is 9.44. The topological polar surface area (TPSA) is 97.7 Å². The second-order valence-electron chi connectivity index (χ2n) is 8.05. The van der Waals surface area contributed by atoms with Crippen molar-refractivity contribution in [3.05, 3.63) is 36.9 Å². The minimum absolute atomic E-state index is 0.0678. The minimum atomic E-state index is -0.795. The number of nitrogens with one attached hydrogen (secondary N) is 2. The van der Waals surface area contributed by atoms with E-state index in [2.05, 4.69) is 28.2 Å². The Morgan fingerprint density at radius 3 is 2.91 bits per heavy atom. The van der Waals surface area contributed by atoms with Gasteiger partial charge in [-0.2, -0.15) is 5.26 Å². The number of nitrogens with zero attached hydrogens (tertiary/aromatic N) is 3. The molecule has 0 saturated carbocycles. The first-order chi connectivity index (χ1) is 15.9. The van der Waals surface area contributed by atoms with Crippen molar-refractivity contribution < 1.29 is 14.3 Å². The van der Waals surface area contributed by atoms with Crippen molar-refractivity contribution in [2.24, 2.45) is 5.92 Å². The van der Waals surface area contributed by atoms with Crippen molar-refractivity contribution in [3.63, 3.8) is 0 Å². The van der Waals surface area contributed by atoms with E-state index in [0.717, 1.165) is 18.0 Å². The summed E-state index contributed by atoms with van der Waals surface area (Å²) in [5.74, 6) is -0.239. The van der Waals surface area contributed by atoms with Crippen LogP contribution in [0.2, 0.25) is 0 Å². The lowest BCUT2D eigenvalue weighted by atomic mass is 10.1. The van der Waals surface area contributed by atoms with Crippen LogP contribution in [0.4, 0.5) is 5.69 Å². The molecule has 1 aromatic carbocycles. The Balaban J connectivity index is 1.87. The fraction of sp³-hybridized carbons (Fsp3) is 0.542. The molecule has 180 valence electrons. The quantitative estimate of drug-likeness (QED) is 0.401. The highest BCUT2D eigenvalue weighted by molar-refractivity contribution is 8.01. The summed E-state index contributed by atoms with van der Waals surface area (Å²) in [6.07, 6.45) is 2.55. The van der Waals surface area contributed by atoms with Crippen LogP contribution in [0.15, 0.2) is 36.9 Å². The smallest absolute Gasteiger partial charge is 0.237 e. The Morgan fingerprint density at radius 1 is 1.45 bits per heavy atom. The highest BCUT2D eigenvalue weighted by atomic mass is 32.2. The molecule has 1 aromatic rings. The summed E-state index contributed by atoms with van der Waals surface area (Å²) in [4.78, 5) is 28.9. The molecule has 1 fully saturated rings. The van der Waals surface area contributed by atoms with Crippen LogP contribution >= 0.6 is 11.8 Å². The van der Waals surface area contributed by atoms with Crippen molar-refractivity contribution in [2.45, 2.75) is 30.4 Å². The summed E-state index contributed by atoms with van der Waals surface area (Å²) >= 11 is 1.54. The number of hydrogen-bond donors (Lipinski definition) is 2. The van der Waals surface area contributed by atoms with E-state index in [9.17, 15) is 14.9 Å². The average molecular weight is 474 g/mol. The number of nitriles is 1. The standard InChI is InChI=1S/C24H35N5O3S/c1-5-11-27-23(30)18(17-25)15-22-29(6-2)24(31)21(33-22)10-12-26-19-8-7-9-20(16-19)32-14-13-28(3)4/h5,7-9,16,18,21-22,26H,1,6,10-15H2,2-4H3,(H,27,30). The zero-order valence-electron chi connectivity index (χ0n) is 19.8. The highest BCUT2D eigenvalue weighted by Crippen LogP contribution is 2.37. The van der Waals surface area contributed by atoms with Crippen LogP contribution in [0.25, 0.3) is 0 Å². The predicted molar refractivity (Wildman–Crippen MR) is 133 cm³/mol. The van der Waals surface area contributed by atoms with Gasteiger partial charge in [0.15, 0.2) is 0 Å². The van der Waals surface area contributed by atoms with Crippen LogP contribution in [0.1, 0.15) is 19.8 Å². The first-order valence-electron chi connectivity index (χ1n) is 11.2. The van der Waals surface area contributed by atoms with Gasteiger partial charge in [0, 0.05) is 44.4 Å². The van der Waals surface area contributed by atoms with Gasteiger partial charge in [-0.1, -0.05) is 12.1 Å². The van der Waals surface area contributed by atoms with Crippen molar-refractivity contribution >= 4 is 29.3 Å². The van der Waals surface area contributed by atoms with E-state index in [0.29, 0.717) is 39.1 Å². The molecule has 0 radical (unpaired) electrons. The van der Waals surface area contributed by atoms with Crippen LogP contribution in [0.3, 0.4) is 0 Å². The fourth-order valence-electron chi connectivity index (χ4n) is 3.49. The highest BCUT2D eigenvalue weighted by Gasteiger charge is 2.40. The maximum absolute atomic E-state index is 12.9. The van der Waals surface area contributed by atoms with Gasteiger partial charge >= 0.3 is 0 Å². The molecule has 0 spiro atoms. The molecule has 1 saturated heterocycles. The SMILES string of the molecule is C=CCNC(=O)C(C#N)CC1SC(CCNc2cccc(OCCN(C)C)c2)C(=O)N1CC. The van der Waals surface area contributed by atoms with Crippen molar-refractivity contribution in [2.75, 3.05) is 52.2 Å². The van der Waals surface area contributed by atoms with Crippen LogP contribution in [-0.4, -0.2) is 79.1 Å². The minimum Gasteiger partial charge on any atom is -0.492 e. The molecule has 3 atom stereocenters. The van der Waals surface area contributed by atoms with Crippen molar-refractivity contribution in [1.82, 2.24) is 15.1 Å². The zero-order chi connectivity index (χ0) is 24.2. The van der Waals surface area contributed by atoms with Gasteiger partial charge in [0.2, 0.25) is 11.8 Å². The molecule has 2 amide bonds. The Bertz CT molecular complexity index is 842. The van der Waals surface area contributed by atoms with Gasteiger partial charge < -0.3 is 25.2 Å². The lowest BCUT2D eigenvalue weighted by Crippen LogP contribution is -2.38. The van der Waals surface area contributed by atoms with E-state index in [1.54, 1.807) is 22.7 Å². The third-order valence-corrected chi connectivity index (χ3v) is 6.80. The summed E-state index contributed by atoms with van der Waals surface area (Å²) in [6.45, 7) is 8.47. The number of rotatable bonds is 14. The molecule has 2 N–H and O–H groups in total. The monoisotopic (exact) mass is 473 g/mol. The molecule has 3 unspecified atom stereocenters. The van der Waals surface area contributed by atoms with Crippen molar-refractivity contribution in [3.8, 4) is 11.8 Å². The van der Waals surface area contributed by atoms with Crippen molar-refractivity contribution in [1.29, 1.82) is 5.26 Å². The van der Waals surface area contributed by atoms with Gasteiger partial charge in [0.1, 0.15) is 18.3 Å². The molecule has 0 aromatic heterocycles. The summed E-state index contributed by atoms with van der Waals surface area (Å²) in [5, 5.41) is 15.1. The average Bonchev–Trinajstić information content (AvgIpc) is 3.09. The van der Waals surface area contributed by atoms with E-state index >= 15 is 0 Å². The molecule has 33 heavy (non-hydrogen) atoms. The number of anilines is 1. The zero-order valence-corrected chi connectivity index (χ0v) is 20.6. The number of hydrogen-bond acceptors (Lipinski definition) is 7. The van der Waals surface area contributed by atoms with Gasteiger partial charge in [-0.05, 0) is 39.6 Å². The summed E-state index contributed by atoms with van der Waals surface area (Å²) < 4.78 is 5.78. The van der Waals surface area contributed by atoms with Gasteiger partial charge in [-0.25, -0.2) is 0 Å². The number of carbonyl (C=O) groups is 2. The summed E-state index contributed by atoms with van der Waals surface area (Å²) in [5.41, 5.74) is 0.945. The molecule has 8 nitrogen and oxygen atoms in total. The fourth-order valence-corrected chi connectivity index (χ4v) is 5.08. The second kappa shape index (κ2) is 13.8. The largest absolute Gasteiger partial charge is 0.492 e. The van der Waals surface area contributed by atoms with Gasteiger partial charge in [-0.15, -0.1) is 18.3 Å². The maximum Gasteiger partial charge on any atom is 0.237 e. The molecule has 9 heteroatoms. The lowest BCUT2D eigenvalue weighted by molar-refractivity contribution is -0.131. The first kappa shape index (κ1) is 26.6. The molecule has 1 aliphatic heterocycles. The number of carbonyl (C=O) groups excluding carboxylic acids is 2. The van der Waals surface area contributed by atoms with E-state index in [1.807, 2.05) is 45.3 Å². The number of likely N-dealkylation sites (N-methyl/N-ethyl adjacent to an activating group) is 1. The van der Waals surface area contributed by atoms with Gasteiger partial charge in [0.05, 0.1) is 16.7 Å². The van der Waals surface area contributed by atoms with E-state index in [-0.39, 0.29) is 22.4 Å². The Labute approximate surface area is 201 Å². The first-order valence-corrected chi connectivity index (χ1v) is 12.2. The molecular weight excluding hydrogens is 438 g/mol. The van der Waals surface area contributed by atoms with Crippen LogP contribution < -0.4 is 15.4 Å². The van der Waals surface area contributed by atoms with Crippen LogP contribution in [-0.2, 0) is 9.59 Å². The number of thioether (sulfide) groups is 1. The number of ether oxygens (including phenoxy) is 1.